The molecule has 0 aliphatic heterocycles. The van der Waals surface area contributed by atoms with Crippen molar-refractivity contribution in [1.82, 2.24) is 0 Å². The number of carbonyl (C=O) groups is 3. The van der Waals surface area contributed by atoms with Crippen molar-refractivity contribution >= 4 is 47.1 Å². The van der Waals surface area contributed by atoms with Crippen LogP contribution < -0.4 is 0 Å². The van der Waals surface area contributed by atoms with Crippen LogP contribution in [0.3, 0.4) is 0 Å². The number of rotatable bonds is 4. The average molecular weight is 198 g/mol. The number of ether oxygens (including phenoxy) is 1. The van der Waals surface area contributed by atoms with E-state index >= 15 is 0 Å². The third-order valence-corrected chi connectivity index (χ3v) is 1.08. The van der Waals surface area contributed by atoms with E-state index in [1.807, 2.05) is 0 Å². The molecule has 0 amide bonds. The van der Waals surface area contributed by atoms with E-state index in [9.17, 15) is 14.4 Å². The van der Waals surface area contributed by atoms with Crippen LogP contribution in [0.2, 0.25) is 0 Å². The molecule has 0 heterocycles. The molecular formula is C7H11NaO5. The second-order valence-electron chi connectivity index (χ2n) is 2.26. The van der Waals surface area contributed by atoms with Crippen molar-refractivity contribution in [2.75, 3.05) is 6.61 Å². The normalized spacial score (nSPS) is 11.0. The standard InChI is InChI=1S/C7H10O5.Na.H/c1-4(8)6(10)3-12-7(11)5(2)9;;/h5,9H,3H2,1-2H3;;. The Balaban J connectivity index is 0. The summed E-state index contributed by atoms with van der Waals surface area (Å²) in [4.78, 5) is 31.4. The molecule has 0 fully saturated rings. The molecule has 0 rings (SSSR count). The van der Waals surface area contributed by atoms with Crippen LogP contribution >= 0.6 is 0 Å². The second kappa shape index (κ2) is 7.20. The molecule has 0 aromatic carbocycles. The zero-order valence-corrected chi connectivity index (χ0v) is 6.86. The molecule has 0 spiro atoms. The van der Waals surface area contributed by atoms with Crippen molar-refractivity contribution < 1.29 is 24.2 Å². The first-order valence-electron chi connectivity index (χ1n) is 3.33. The van der Waals surface area contributed by atoms with Gasteiger partial charge in [-0.2, -0.15) is 0 Å². The molecule has 0 aromatic rings. The second-order valence-corrected chi connectivity index (χ2v) is 2.26. The first-order valence-corrected chi connectivity index (χ1v) is 3.33. The van der Waals surface area contributed by atoms with Crippen molar-refractivity contribution in [2.24, 2.45) is 0 Å². The minimum absolute atomic E-state index is 0. The van der Waals surface area contributed by atoms with Crippen molar-refractivity contribution in [3.63, 3.8) is 0 Å². The molecular weight excluding hydrogens is 187 g/mol. The predicted molar refractivity (Wildman–Crippen MR) is 45.5 cm³/mol. The molecule has 0 aromatic heterocycles. The van der Waals surface area contributed by atoms with E-state index in [0.717, 1.165) is 6.92 Å². The van der Waals surface area contributed by atoms with E-state index in [4.69, 9.17) is 5.11 Å². The molecule has 13 heavy (non-hydrogen) atoms. The van der Waals surface area contributed by atoms with Gasteiger partial charge in [0.2, 0.25) is 5.78 Å². The Morgan fingerprint density at radius 2 is 1.85 bits per heavy atom. The van der Waals surface area contributed by atoms with Crippen LogP contribution in [-0.2, 0) is 19.1 Å². The van der Waals surface area contributed by atoms with E-state index in [1.165, 1.54) is 6.92 Å². The number of hydrogen-bond donors (Lipinski definition) is 1. The van der Waals surface area contributed by atoms with Gasteiger partial charge >= 0.3 is 35.5 Å². The summed E-state index contributed by atoms with van der Waals surface area (Å²) in [5.41, 5.74) is 0. The molecule has 0 aliphatic rings. The third-order valence-electron chi connectivity index (χ3n) is 1.08. The Kier molecular flexibility index (Phi) is 8.45. The molecule has 6 heteroatoms. The van der Waals surface area contributed by atoms with Crippen LogP contribution in [-0.4, -0.2) is 64.9 Å². The van der Waals surface area contributed by atoms with E-state index in [-0.39, 0.29) is 29.6 Å². The average Bonchev–Trinajstić information content (AvgIpc) is 1.98. The van der Waals surface area contributed by atoms with E-state index < -0.39 is 30.2 Å². The summed E-state index contributed by atoms with van der Waals surface area (Å²) in [5.74, 6) is -2.37. The van der Waals surface area contributed by atoms with Gasteiger partial charge in [-0.1, -0.05) is 0 Å². The monoisotopic (exact) mass is 198 g/mol. The van der Waals surface area contributed by atoms with Gasteiger partial charge in [-0.25, -0.2) is 4.79 Å². The predicted octanol–water partition coefficient (Wildman–Crippen LogP) is -1.58. The van der Waals surface area contributed by atoms with Gasteiger partial charge in [0.15, 0.2) is 12.4 Å². The third kappa shape index (κ3) is 6.89. The van der Waals surface area contributed by atoms with Crippen molar-refractivity contribution in [2.45, 2.75) is 20.0 Å². The fourth-order valence-corrected chi connectivity index (χ4v) is 0.359. The first-order chi connectivity index (χ1) is 5.45. The number of esters is 1. The van der Waals surface area contributed by atoms with E-state index in [1.54, 1.807) is 0 Å². The van der Waals surface area contributed by atoms with Crippen molar-refractivity contribution in [1.29, 1.82) is 0 Å². The summed E-state index contributed by atoms with van der Waals surface area (Å²) in [6.45, 7) is 1.69. The zero-order valence-electron chi connectivity index (χ0n) is 6.86. The molecule has 0 saturated heterocycles. The Hall–Kier alpha value is -0.230. The number of Topliss-reactive ketones (excluding diaryl/α,β-unsaturated/α-hetero) is 2. The van der Waals surface area contributed by atoms with Gasteiger partial charge in [-0.15, -0.1) is 0 Å². The molecule has 0 bridgehead atoms. The Morgan fingerprint density at radius 3 is 2.15 bits per heavy atom. The molecule has 1 N–H and O–H groups in total. The summed E-state index contributed by atoms with van der Waals surface area (Å²) >= 11 is 0. The fourth-order valence-electron chi connectivity index (χ4n) is 0.359. The van der Waals surface area contributed by atoms with Gasteiger partial charge in [0.25, 0.3) is 0 Å². The maximum atomic E-state index is 10.6. The number of aliphatic hydroxyl groups excluding tert-OH is 1. The summed E-state index contributed by atoms with van der Waals surface area (Å²) in [6.07, 6.45) is -1.27. The number of hydrogen-bond acceptors (Lipinski definition) is 5. The van der Waals surface area contributed by atoms with Gasteiger partial charge < -0.3 is 9.84 Å². The molecule has 0 saturated carbocycles. The zero-order chi connectivity index (χ0) is 9.72. The summed E-state index contributed by atoms with van der Waals surface area (Å²) in [7, 11) is 0. The van der Waals surface area contributed by atoms with E-state index in [2.05, 4.69) is 4.74 Å². The Labute approximate surface area is 97.7 Å². The van der Waals surface area contributed by atoms with Crippen molar-refractivity contribution in [3.05, 3.63) is 0 Å². The quantitative estimate of drug-likeness (QED) is 0.335. The van der Waals surface area contributed by atoms with Crippen LogP contribution in [0.1, 0.15) is 13.8 Å². The van der Waals surface area contributed by atoms with Gasteiger partial charge in [0.1, 0.15) is 6.10 Å². The molecule has 70 valence electrons. The SMILES string of the molecule is CC(=O)C(=O)COC(=O)C(C)O.[NaH]. The number of ketones is 2. The summed E-state index contributed by atoms with van der Waals surface area (Å²) < 4.78 is 4.27. The fraction of sp³-hybridized carbons (Fsp3) is 0.571. The van der Waals surface area contributed by atoms with Crippen molar-refractivity contribution in [3.8, 4) is 0 Å². The van der Waals surface area contributed by atoms with Gasteiger partial charge in [-0.3, -0.25) is 9.59 Å². The number of carbonyl (C=O) groups excluding carboxylic acids is 3. The van der Waals surface area contributed by atoms with Crippen LogP contribution in [0.4, 0.5) is 0 Å². The summed E-state index contributed by atoms with van der Waals surface area (Å²) in [6, 6.07) is 0. The molecule has 0 aliphatic carbocycles. The molecule has 5 nitrogen and oxygen atoms in total. The Bertz CT molecular complexity index is 211. The van der Waals surface area contributed by atoms with Gasteiger partial charge in [-0.05, 0) is 6.92 Å². The Morgan fingerprint density at radius 1 is 1.38 bits per heavy atom. The first kappa shape index (κ1) is 15.3. The van der Waals surface area contributed by atoms with Crippen LogP contribution in [0, 0.1) is 0 Å². The van der Waals surface area contributed by atoms with Gasteiger partial charge in [0, 0.05) is 6.92 Å². The van der Waals surface area contributed by atoms with Crippen LogP contribution in [0.15, 0.2) is 0 Å². The van der Waals surface area contributed by atoms with Gasteiger partial charge in [0.05, 0.1) is 0 Å². The van der Waals surface area contributed by atoms with Crippen LogP contribution in [0.5, 0.6) is 0 Å². The molecule has 1 unspecified atom stereocenters. The molecule has 1 atom stereocenters. The maximum absolute atomic E-state index is 10.6. The minimum atomic E-state index is -1.27. The number of aliphatic hydroxyl groups is 1. The summed E-state index contributed by atoms with van der Waals surface area (Å²) in [5, 5.41) is 8.60. The van der Waals surface area contributed by atoms with E-state index in [0.29, 0.717) is 0 Å². The van der Waals surface area contributed by atoms with Crippen LogP contribution in [0.25, 0.3) is 0 Å². The topological polar surface area (TPSA) is 80.7 Å². The molecule has 0 radical (unpaired) electrons.